The maximum atomic E-state index is 6.03. The molecule has 0 aromatic rings. The van der Waals surface area contributed by atoms with Crippen molar-refractivity contribution in [2.45, 2.75) is 69.4 Å². The molecule has 0 bridgehead atoms. The van der Waals surface area contributed by atoms with E-state index in [9.17, 15) is 0 Å². The van der Waals surface area contributed by atoms with E-state index in [1.165, 1.54) is 76.6 Å². The second kappa shape index (κ2) is 6.48. The third-order valence-electron chi connectivity index (χ3n) is 5.53. The van der Waals surface area contributed by atoms with Crippen LogP contribution in [0.2, 0.25) is 0 Å². The molecule has 0 spiro atoms. The summed E-state index contributed by atoms with van der Waals surface area (Å²) in [5.41, 5.74) is 0.318. The van der Waals surface area contributed by atoms with Crippen molar-refractivity contribution in [1.29, 1.82) is 0 Å². The lowest BCUT2D eigenvalue weighted by atomic mass is 9.82. The minimum Gasteiger partial charge on any atom is -0.497 e. The van der Waals surface area contributed by atoms with Gasteiger partial charge in [0.05, 0.1) is 12.6 Å². The van der Waals surface area contributed by atoms with E-state index >= 15 is 0 Å². The molecule has 1 N–H and O–H groups in total. The molecule has 3 rings (SSSR count). The lowest BCUT2D eigenvalue weighted by Crippen LogP contribution is -2.61. The fourth-order valence-electron chi connectivity index (χ4n) is 4.57. The van der Waals surface area contributed by atoms with Crippen molar-refractivity contribution >= 4 is 0 Å². The van der Waals surface area contributed by atoms with E-state index in [-0.39, 0.29) is 0 Å². The molecular formula is C17H30N2O. The summed E-state index contributed by atoms with van der Waals surface area (Å²) < 4.78 is 6.03. The first-order valence-corrected chi connectivity index (χ1v) is 8.62. The van der Waals surface area contributed by atoms with Gasteiger partial charge in [-0.3, -0.25) is 4.90 Å². The van der Waals surface area contributed by atoms with Gasteiger partial charge < -0.3 is 10.1 Å². The van der Waals surface area contributed by atoms with E-state index < -0.39 is 0 Å². The van der Waals surface area contributed by atoms with E-state index in [1.54, 1.807) is 0 Å². The van der Waals surface area contributed by atoms with E-state index in [1.807, 2.05) is 0 Å². The number of likely N-dealkylation sites (tertiary alicyclic amines) is 1. The normalized spacial score (nSPS) is 28.8. The van der Waals surface area contributed by atoms with Crippen molar-refractivity contribution in [3.63, 3.8) is 0 Å². The molecule has 0 aromatic heterocycles. The molecule has 0 aromatic carbocycles. The van der Waals surface area contributed by atoms with Crippen molar-refractivity contribution in [1.82, 2.24) is 10.2 Å². The Bertz CT molecular complexity index is 341. The topological polar surface area (TPSA) is 24.5 Å². The Morgan fingerprint density at radius 2 is 1.85 bits per heavy atom. The highest BCUT2D eigenvalue weighted by atomic mass is 16.5. The largest absolute Gasteiger partial charge is 0.497 e. The van der Waals surface area contributed by atoms with Crippen molar-refractivity contribution in [2.24, 2.45) is 0 Å². The van der Waals surface area contributed by atoms with Gasteiger partial charge in [-0.05, 0) is 64.7 Å². The van der Waals surface area contributed by atoms with Gasteiger partial charge in [0.15, 0.2) is 0 Å². The Balaban J connectivity index is 1.85. The fraction of sp³-hybridized carbons (Fsp3) is 0.882. The average Bonchev–Trinajstić information content (AvgIpc) is 3.01. The van der Waals surface area contributed by atoms with Crippen LogP contribution in [0.4, 0.5) is 0 Å². The first kappa shape index (κ1) is 14.4. The molecule has 20 heavy (non-hydrogen) atoms. The highest BCUT2D eigenvalue weighted by molar-refractivity contribution is 5.18. The molecule has 2 aliphatic heterocycles. The van der Waals surface area contributed by atoms with Crippen LogP contribution in [0.3, 0.4) is 0 Å². The molecule has 3 nitrogen and oxygen atoms in total. The number of piperidine rings is 1. The lowest BCUT2D eigenvalue weighted by molar-refractivity contribution is 0.0254. The second-order valence-corrected chi connectivity index (χ2v) is 6.68. The van der Waals surface area contributed by atoms with Crippen molar-refractivity contribution in [3.05, 3.63) is 11.8 Å². The van der Waals surface area contributed by atoms with Crippen LogP contribution in [0, 0.1) is 0 Å². The molecule has 0 amide bonds. The van der Waals surface area contributed by atoms with E-state index in [0.29, 0.717) is 11.6 Å². The second-order valence-electron chi connectivity index (χ2n) is 6.68. The van der Waals surface area contributed by atoms with Gasteiger partial charge in [0.1, 0.15) is 5.76 Å². The molecule has 114 valence electrons. The van der Waals surface area contributed by atoms with Crippen molar-refractivity contribution in [2.75, 3.05) is 26.7 Å². The van der Waals surface area contributed by atoms with Crippen molar-refractivity contribution in [3.8, 4) is 0 Å². The number of likely N-dealkylation sites (N-methyl/N-ethyl adjacent to an activating group) is 1. The Labute approximate surface area is 123 Å². The minimum atomic E-state index is 0.318. The molecule has 1 atom stereocenters. The Morgan fingerprint density at radius 3 is 2.45 bits per heavy atom. The van der Waals surface area contributed by atoms with E-state index in [4.69, 9.17) is 4.74 Å². The zero-order chi connectivity index (χ0) is 13.8. The molecule has 2 heterocycles. The van der Waals surface area contributed by atoms with Gasteiger partial charge in [-0.25, -0.2) is 0 Å². The van der Waals surface area contributed by atoms with Crippen LogP contribution in [0.1, 0.15) is 57.8 Å². The van der Waals surface area contributed by atoms with Crippen molar-refractivity contribution < 1.29 is 4.74 Å². The van der Waals surface area contributed by atoms with Gasteiger partial charge in [-0.1, -0.05) is 19.3 Å². The number of ether oxygens (including phenoxy) is 1. The third-order valence-corrected chi connectivity index (χ3v) is 5.53. The number of nitrogens with one attached hydrogen (secondary N) is 1. The van der Waals surface area contributed by atoms with Gasteiger partial charge in [-0.2, -0.15) is 0 Å². The van der Waals surface area contributed by atoms with Crippen LogP contribution < -0.4 is 5.32 Å². The molecular weight excluding hydrogens is 248 g/mol. The summed E-state index contributed by atoms with van der Waals surface area (Å²) in [5.74, 6) is 1.23. The lowest BCUT2D eigenvalue weighted by Gasteiger charge is -2.49. The number of allylic oxidation sites excluding steroid dienone is 1. The van der Waals surface area contributed by atoms with Gasteiger partial charge in [-0.15, -0.1) is 0 Å². The van der Waals surface area contributed by atoms with Gasteiger partial charge in [0.2, 0.25) is 0 Å². The average molecular weight is 278 g/mol. The molecule has 2 fully saturated rings. The molecule has 1 saturated carbocycles. The smallest absolute Gasteiger partial charge is 0.111 e. The maximum Gasteiger partial charge on any atom is 0.111 e. The number of rotatable bonds is 4. The Kier molecular flexibility index (Phi) is 4.67. The predicted octanol–water partition coefficient (Wildman–Crippen LogP) is 3.07. The maximum absolute atomic E-state index is 6.03. The quantitative estimate of drug-likeness (QED) is 0.855. The van der Waals surface area contributed by atoms with Gasteiger partial charge in [0, 0.05) is 5.54 Å². The zero-order valence-corrected chi connectivity index (χ0v) is 13.0. The number of hydrogen-bond acceptors (Lipinski definition) is 3. The first-order chi connectivity index (χ1) is 9.87. The number of nitrogens with zero attached hydrogens (tertiary/aromatic N) is 1. The molecule has 3 heteroatoms. The van der Waals surface area contributed by atoms with Crippen LogP contribution in [0.5, 0.6) is 0 Å². The summed E-state index contributed by atoms with van der Waals surface area (Å²) in [6.07, 6.45) is 14.3. The van der Waals surface area contributed by atoms with Crippen LogP contribution in [0.15, 0.2) is 11.8 Å². The summed E-state index contributed by atoms with van der Waals surface area (Å²) in [6, 6.07) is 0.392. The summed E-state index contributed by atoms with van der Waals surface area (Å²) in [6.45, 7) is 3.47. The summed E-state index contributed by atoms with van der Waals surface area (Å²) >= 11 is 0. The highest BCUT2D eigenvalue weighted by Crippen LogP contribution is 2.42. The SMILES string of the molecule is CNC(C1=CCCCO1)C1(N2CCCCC2)CCCC1. The molecule has 3 aliphatic rings. The van der Waals surface area contributed by atoms with Gasteiger partial charge in [0.25, 0.3) is 0 Å². The monoisotopic (exact) mass is 278 g/mol. The molecule has 1 unspecified atom stereocenters. The third kappa shape index (κ3) is 2.62. The predicted molar refractivity (Wildman–Crippen MR) is 82.7 cm³/mol. The van der Waals surface area contributed by atoms with E-state index in [2.05, 4.69) is 23.3 Å². The molecule has 0 radical (unpaired) electrons. The molecule has 1 aliphatic carbocycles. The summed E-state index contributed by atoms with van der Waals surface area (Å²) in [5, 5.41) is 3.62. The van der Waals surface area contributed by atoms with Crippen LogP contribution in [-0.4, -0.2) is 43.2 Å². The Morgan fingerprint density at radius 1 is 1.10 bits per heavy atom. The van der Waals surface area contributed by atoms with Crippen LogP contribution >= 0.6 is 0 Å². The fourth-order valence-corrected chi connectivity index (χ4v) is 4.57. The summed E-state index contributed by atoms with van der Waals surface area (Å²) in [7, 11) is 2.12. The standard InChI is InChI=1S/C17H30N2O/c1-18-16(15-9-3-8-14-20-15)17(10-4-5-11-17)19-12-6-2-7-13-19/h9,16,18H,2-8,10-14H2,1H3. The Hall–Kier alpha value is -0.540. The highest BCUT2D eigenvalue weighted by Gasteiger charge is 2.47. The summed E-state index contributed by atoms with van der Waals surface area (Å²) in [4.78, 5) is 2.80. The van der Waals surface area contributed by atoms with Crippen LogP contribution in [-0.2, 0) is 4.74 Å². The van der Waals surface area contributed by atoms with E-state index in [0.717, 1.165) is 6.61 Å². The van der Waals surface area contributed by atoms with Crippen LogP contribution in [0.25, 0.3) is 0 Å². The van der Waals surface area contributed by atoms with Gasteiger partial charge >= 0.3 is 0 Å². The number of hydrogen-bond donors (Lipinski definition) is 1. The molecule has 1 saturated heterocycles. The zero-order valence-electron chi connectivity index (χ0n) is 13.0. The minimum absolute atomic E-state index is 0.318. The first-order valence-electron chi connectivity index (χ1n) is 8.62.